The van der Waals surface area contributed by atoms with Crippen LogP contribution in [0.25, 0.3) is 0 Å². The Morgan fingerprint density at radius 3 is 2.56 bits per heavy atom. The third-order valence-electron chi connectivity index (χ3n) is 0.509. The first-order chi connectivity index (χ1) is 4.16. The van der Waals surface area contributed by atoms with Gasteiger partial charge in [0.25, 0.3) is 0 Å². The topological polar surface area (TPSA) is 17.1 Å². The minimum atomic E-state index is -0.527. The molecule has 0 aliphatic heterocycles. The third kappa shape index (κ3) is 6.22. The highest BCUT2D eigenvalue weighted by atomic mass is 35.5. The Kier molecular flexibility index (Phi) is 5.35. The number of rotatable bonds is 3. The van der Waals surface area contributed by atoms with Crippen LogP contribution in [0.5, 0.6) is 0 Å². The lowest BCUT2D eigenvalue weighted by molar-refractivity contribution is -0.107. The van der Waals surface area contributed by atoms with Gasteiger partial charge in [-0.25, -0.2) is 0 Å². The Morgan fingerprint density at radius 1 is 1.67 bits per heavy atom. The monoisotopic (exact) mass is 184 g/mol. The molecule has 0 radical (unpaired) electrons. The molecular weight excluding hydrogens is 179 g/mol. The van der Waals surface area contributed by atoms with Crippen LogP contribution in [0.4, 0.5) is 0 Å². The number of carbonyl (C=O) groups excluding carboxylic acids is 1. The van der Waals surface area contributed by atoms with Crippen molar-refractivity contribution >= 4 is 40.2 Å². The van der Waals surface area contributed by atoms with E-state index in [9.17, 15) is 4.79 Å². The van der Waals surface area contributed by atoms with E-state index in [4.69, 9.17) is 23.2 Å². The molecule has 0 aromatic carbocycles. The number of halogens is 2. The van der Waals surface area contributed by atoms with Crippen LogP contribution < -0.4 is 0 Å². The standard InChI is InChI=1S/C5H6Cl2OS/c1-2-9-5(7)3-4(6)8/h3H,2H2,1H3/b5-3-. The molecule has 0 aromatic heterocycles. The van der Waals surface area contributed by atoms with Gasteiger partial charge >= 0.3 is 0 Å². The molecule has 0 amide bonds. The number of thioether (sulfide) groups is 1. The fourth-order valence-electron chi connectivity index (χ4n) is 0.269. The summed E-state index contributed by atoms with van der Waals surface area (Å²) in [4.78, 5) is 10.1. The van der Waals surface area contributed by atoms with Gasteiger partial charge in [-0.05, 0) is 17.4 Å². The number of hydrogen-bond acceptors (Lipinski definition) is 2. The number of allylic oxidation sites excluding steroid dienone is 1. The maximum absolute atomic E-state index is 10.1. The smallest absolute Gasteiger partial charge is 0.247 e. The predicted molar refractivity (Wildman–Crippen MR) is 42.9 cm³/mol. The van der Waals surface area contributed by atoms with Gasteiger partial charge in [-0.15, -0.1) is 11.8 Å². The molecule has 52 valence electrons. The molecule has 0 aliphatic carbocycles. The molecule has 0 atom stereocenters. The van der Waals surface area contributed by atoms with Crippen LogP contribution in [0.3, 0.4) is 0 Å². The first-order valence-corrected chi connectivity index (χ1v) is 4.10. The van der Waals surface area contributed by atoms with Crippen molar-refractivity contribution < 1.29 is 4.79 Å². The van der Waals surface area contributed by atoms with Crippen molar-refractivity contribution in [3.63, 3.8) is 0 Å². The minimum Gasteiger partial charge on any atom is -0.276 e. The molecule has 0 fully saturated rings. The van der Waals surface area contributed by atoms with Gasteiger partial charge in [0.05, 0.1) is 4.36 Å². The number of hydrogen-bond donors (Lipinski definition) is 0. The van der Waals surface area contributed by atoms with Crippen molar-refractivity contribution in [1.29, 1.82) is 0 Å². The lowest BCUT2D eigenvalue weighted by Gasteiger charge is -1.89. The molecule has 0 aromatic rings. The van der Waals surface area contributed by atoms with E-state index in [0.717, 1.165) is 5.75 Å². The summed E-state index contributed by atoms with van der Waals surface area (Å²) in [5, 5.41) is -0.527. The van der Waals surface area contributed by atoms with E-state index in [1.807, 2.05) is 6.92 Å². The van der Waals surface area contributed by atoms with Crippen molar-refractivity contribution in [2.24, 2.45) is 0 Å². The van der Waals surface area contributed by atoms with Crippen LogP contribution in [0.1, 0.15) is 6.92 Å². The first kappa shape index (κ1) is 9.34. The maximum Gasteiger partial charge on any atom is 0.247 e. The Morgan fingerprint density at radius 2 is 2.22 bits per heavy atom. The summed E-state index contributed by atoms with van der Waals surface area (Å²) in [6.45, 7) is 1.94. The lowest BCUT2D eigenvalue weighted by atomic mass is 10.7. The second-order valence-electron chi connectivity index (χ2n) is 1.19. The van der Waals surface area contributed by atoms with Crippen LogP contribution in [0.2, 0.25) is 0 Å². The highest BCUT2D eigenvalue weighted by molar-refractivity contribution is 8.04. The Hall–Kier alpha value is 0.340. The Bertz CT molecular complexity index is 133. The molecule has 1 nitrogen and oxygen atoms in total. The average molecular weight is 185 g/mol. The first-order valence-electron chi connectivity index (χ1n) is 2.36. The van der Waals surface area contributed by atoms with Crippen molar-refractivity contribution in [3.8, 4) is 0 Å². The molecule has 0 heterocycles. The third-order valence-corrected chi connectivity index (χ3v) is 1.74. The average Bonchev–Trinajstić information content (AvgIpc) is 1.63. The molecule has 9 heavy (non-hydrogen) atoms. The predicted octanol–water partition coefficient (Wildman–Crippen LogP) is 2.59. The maximum atomic E-state index is 10.1. The van der Waals surface area contributed by atoms with Crippen LogP contribution in [-0.2, 0) is 4.79 Å². The van der Waals surface area contributed by atoms with Gasteiger partial charge in [-0.2, -0.15) is 0 Å². The van der Waals surface area contributed by atoms with Crippen molar-refractivity contribution in [3.05, 3.63) is 10.4 Å². The molecular formula is C5H6Cl2OS. The largest absolute Gasteiger partial charge is 0.276 e. The van der Waals surface area contributed by atoms with Gasteiger partial charge in [0.1, 0.15) is 0 Å². The van der Waals surface area contributed by atoms with Gasteiger partial charge in [-0.3, -0.25) is 4.79 Å². The normalized spacial score (nSPS) is 11.7. The highest BCUT2D eigenvalue weighted by Crippen LogP contribution is 2.18. The number of carbonyl (C=O) groups is 1. The molecule has 0 rings (SSSR count). The molecule has 4 heteroatoms. The zero-order valence-electron chi connectivity index (χ0n) is 4.86. The molecule has 0 saturated heterocycles. The molecule has 0 aliphatic rings. The highest BCUT2D eigenvalue weighted by Gasteiger charge is 1.93. The molecule has 0 bridgehead atoms. The summed E-state index contributed by atoms with van der Waals surface area (Å²) in [5.41, 5.74) is 0. The summed E-state index contributed by atoms with van der Waals surface area (Å²) in [6.07, 6.45) is 1.19. The van der Waals surface area contributed by atoms with E-state index in [0.29, 0.717) is 4.36 Å². The second-order valence-corrected chi connectivity index (χ2v) is 3.50. The van der Waals surface area contributed by atoms with E-state index < -0.39 is 5.24 Å². The zero-order chi connectivity index (χ0) is 7.28. The van der Waals surface area contributed by atoms with Crippen LogP contribution in [0, 0.1) is 0 Å². The molecule has 0 saturated carbocycles. The van der Waals surface area contributed by atoms with Gasteiger partial charge in [0.15, 0.2) is 0 Å². The second kappa shape index (κ2) is 5.15. The molecule has 0 spiro atoms. The van der Waals surface area contributed by atoms with Crippen molar-refractivity contribution in [2.75, 3.05) is 5.75 Å². The van der Waals surface area contributed by atoms with Crippen molar-refractivity contribution in [2.45, 2.75) is 6.92 Å². The molecule has 0 unspecified atom stereocenters. The zero-order valence-corrected chi connectivity index (χ0v) is 7.19. The van der Waals surface area contributed by atoms with E-state index in [1.165, 1.54) is 17.8 Å². The van der Waals surface area contributed by atoms with Crippen LogP contribution >= 0.6 is 35.0 Å². The van der Waals surface area contributed by atoms with Gasteiger partial charge in [0.2, 0.25) is 5.24 Å². The van der Waals surface area contributed by atoms with Crippen LogP contribution in [-0.4, -0.2) is 11.0 Å². The van der Waals surface area contributed by atoms with Gasteiger partial charge in [0, 0.05) is 6.08 Å². The van der Waals surface area contributed by atoms with Gasteiger partial charge < -0.3 is 0 Å². The summed E-state index contributed by atoms with van der Waals surface area (Å²) < 4.78 is 0.442. The van der Waals surface area contributed by atoms with Crippen molar-refractivity contribution in [1.82, 2.24) is 0 Å². The van der Waals surface area contributed by atoms with E-state index in [1.54, 1.807) is 0 Å². The fourth-order valence-corrected chi connectivity index (χ4v) is 1.39. The fraction of sp³-hybridized carbons (Fsp3) is 0.400. The van der Waals surface area contributed by atoms with E-state index in [2.05, 4.69) is 0 Å². The Balaban J connectivity index is 3.69. The lowest BCUT2D eigenvalue weighted by Crippen LogP contribution is -1.76. The minimum absolute atomic E-state index is 0.442. The van der Waals surface area contributed by atoms with Gasteiger partial charge in [-0.1, -0.05) is 18.5 Å². The summed E-state index contributed by atoms with van der Waals surface area (Å²) >= 11 is 11.9. The summed E-state index contributed by atoms with van der Waals surface area (Å²) in [6, 6.07) is 0. The van der Waals surface area contributed by atoms with Crippen LogP contribution in [0.15, 0.2) is 10.4 Å². The van der Waals surface area contributed by atoms with E-state index in [-0.39, 0.29) is 0 Å². The van der Waals surface area contributed by atoms with E-state index >= 15 is 0 Å². The summed E-state index contributed by atoms with van der Waals surface area (Å²) in [5.74, 6) is 0.847. The summed E-state index contributed by atoms with van der Waals surface area (Å²) in [7, 11) is 0. The molecule has 0 N–H and O–H groups in total. The quantitative estimate of drug-likeness (QED) is 0.496. The Labute approximate surface area is 68.4 Å². The SMILES string of the molecule is CCS/C(Cl)=C\C(=O)Cl.